The molecule has 2 fully saturated rings. The lowest BCUT2D eigenvalue weighted by Crippen LogP contribution is -2.33. The quantitative estimate of drug-likeness (QED) is 0.172. The van der Waals surface area contributed by atoms with Crippen LogP contribution in [0.3, 0.4) is 0 Å². The molecule has 11 rings (SSSR count). The molecule has 9 aromatic rings. The van der Waals surface area contributed by atoms with Gasteiger partial charge in [-0.1, -0.05) is 153 Å². The van der Waals surface area contributed by atoms with Crippen LogP contribution in [0.15, 0.2) is 164 Å². The number of para-hydroxylation sites is 2. The van der Waals surface area contributed by atoms with Crippen LogP contribution < -0.4 is 0 Å². The van der Waals surface area contributed by atoms with Crippen molar-refractivity contribution in [3.05, 3.63) is 170 Å². The van der Waals surface area contributed by atoms with Crippen molar-refractivity contribution in [1.29, 1.82) is 0 Å². The second-order valence-electron chi connectivity index (χ2n) is 16.4. The van der Waals surface area contributed by atoms with E-state index < -0.39 is 0 Å². The number of fused-ring (bicyclic) bond motifs is 6. The lowest BCUT2D eigenvalue weighted by molar-refractivity contribution is 0.221. The Morgan fingerprint density at radius 2 is 0.946 bits per heavy atom. The number of rotatable bonds is 6. The van der Waals surface area contributed by atoms with E-state index in [2.05, 4.69) is 175 Å². The first kappa shape index (κ1) is 33.0. The predicted octanol–water partition coefficient (Wildman–Crippen LogP) is 13.3. The number of nitrogens with zero attached hydrogens (tertiary/aromatic N) is 4. The fraction of sp³-hybridized carbons (Fsp3) is 0.173. The van der Waals surface area contributed by atoms with Gasteiger partial charge in [-0.05, 0) is 94.5 Å². The second-order valence-corrected chi connectivity index (χ2v) is 16.4. The zero-order valence-corrected chi connectivity index (χ0v) is 31.6. The van der Waals surface area contributed by atoms with Crippen LogP contribution in [-0.2, 0) is 5.41 Å². The minimum atomic E-state index is -0.0750. The van der Waals surface area contributed by atoms with E-state index in [1.165, 1.54) is 68.7 Å². The van der Waals surface area contributed by atoms with E-state index in [1.807, 2.05) is 0 Å². The van der Waals surface area contributed by atoms with Gasteiger partial charge >= 0.3 is 0 Å². The predicted molar refractivity (Wildman–Crippen MR) is 231 cm³/mol. The Kier molecular flexibility index (Phi) is 7.73. The molecule has 4 heteroatoms. The first-order chi connectivity index (χ1) is 27.6. The van der Waals surface area contributed by atoms with Crippen LogP contribution in [0.5, 0.6) is 0 Å². The highest BCUT2D eigenvalue weighted by Crippen LogP contribution is 2.51. The molecular weight excluding hydrogens is 681 g/mol. The van der Waals surface area contributed by atoms with Gasteiger partial charge in [0.2, 0.25) is 0 Å². The third-order valence-corrected chi connectivity index (χ3v) is 12.7. The Morgan fingerprint density at radius 3 is 1.61 bits per heavy atom. The second kappa shape index (κ2) is 13.1. The lowest BCUT2D eigenvalue weighted by atomic mass is 9.69. The largest absolute Gasteiger partial charge is 0.309 e. The average Bonchev–Trinajstić information content (AvgIpc) is 3.79. The van der Waals surface area contributed by atoms with Crippen LogP contribution in [0, 0.1) is 11.8 Å². The first-order valence-electron chi connectivity index (χ1n) is 20.1. The maximum atomic E-state index is 5.40. The summed E-state index contributed by atoms with van der Waals surface area (Å²) in [6.45, 7) is 2.41. The van der Waals surface area contributed by atoms with E-state index in [0.29, 0.717) is 0 Å². The number of hydrogen-bond acceptors (Lipinski definition) is 3. The minimum Gasteiger partial charge on any atom is -0.309 e. The van der Waals surface area contributed by atoms with Crippen molar-refractivity contribution in [1.82, 2.24) is 19.5 Å². The molecule has 2 aliphatic carbocycles. The van der Waals surface area contributed by atoms with Gasteiger partial charge in [-0.3, -0.25) is 0 Å². The van der Waals surface area contributed by atoms with Crippen LogP contribution in [0.4, 0.5) is 0 Å². The number of benzene rings is 7. The third-order valence-electron chi connectivity index (χ3n) is 12.7. The maximum Gasteiger partial charge on any atom is 0.164 e. The molecule has 2 aliphatic rings. The van der Waals surface area contributed by atoms with Crippen LogP contribution in [0.2, 0.25) is 0 Å². The Labute approximate surface area is 327 Å². The molecule has 0 spiro atoms. The SMILES string of the molecule is CC1(c2nc(-c3ccc(-c4ccccc4)cc3)nc(-c3ccc(-c4ccc(-n5c6ccccc6c6ccccc65)cc4)c4ccccc34)n2)CC2CC[C@@H](C2)C1. The first-order valence-corrected chi connectivity index (χ1v) is 20.1. The van der Waals surface area contributed by atoms with Gasteiger partial charge < -0.3 is 4.57 Å². The van der Waals surface area contributed by atoms with Crippen LogP contribution >= 0.6 is 0 Å². The summed E-state index contributed by atoms with van der Waals surface area (Å²) in [4.78, 5) is 16.0. The van der Waals surface area contributed by atoms with Gasteiger partial charge in [0.25, 0.3) is 0 Å². The van der Waals surface area contributed by atoms with Crippen molar-refractivity contribution >= 4 is 32.6 Å². The molecule has 4 nitrogen and oxygen atoms in total. The van der Waals surface area contributed by atoms with Crippen molar-refractivity contribution < 1.29 is 0 Å². The average molecular weight is 723 g/mol. The summed E-state index contributed by atoms with van der Waals surface area (Å²) >= 11 is 0. The standard InChI is InChI=1S/C52H42N4/c1-52(32-34-19-20-35(31-34)33-52)51-54-49(39-23-21-37(22-24-39)36-11-3-2-4-12-36)53-50(55-51)46-30-29-41(42-13-5-6-14-43(42)46)38-25-27-40(28-26-38)56-47-17-9-7-15-44(47)45-16-8-10-18-48(45)56/h2-18,21-30,34-35H,19-20,31-33H2,1H3/t34-,35?,52?/m0/s1. The van der Waals surface area contributed by atoms with E-state index in [9.17, 15) is 0 Å². The summed E-state index contributed by atoms with van der Waals surface area (Å²) < 4.78 is 2.37. The van der Waals surface area contributed by atoms with Crippen LogP contribution in [-0.4, -0.2) is 19.5 Å². The third kappa shape index (κ3) is 5.54. The Balaban J connectivity index is 1.02. The summed E-state index contributed by atoms with van der Waals surface area (Å²) in [6.07, 6.45) is 6.30. The summed E-state index contributed by atoms with van der Waals surface area (Å²) in [5.74, 6) is 3.96. The van der Waals surface area contributed by atoms with Crippen molar-refractivity contribution in [2.24, 2.45) is 11.8 Å². The monoisotopic (exact) mass is 722 g/mol. The molecule has 0 N–H and O–H groups in total. The molecule has 2 saturated carbocycles. The molecule has 3 atom stereocenters. The van der Waals surface area contributed by atoms with Crippen molar-refractivity contribution in [2.45, 2.75) is 44.4 Å². The summed E-state index contributed by atoms with van der Waals surface area (Å²) in [6, 6.07) is 58.9. The molecule has 2 aromatic heterocycles. The van der Waals surface area contributed by atoms with E-state index in [0.717, 1.165) is 64.4 Å². The Bertz CT molecular complexity index is 2840. The van der Waals surface area contributed by atoms with Gasteiger partial charge in [0, 0.05) is 33.0 Å². The normalized spacial score (nSPS) is 19.2. The molecule has 2 heterocycles. The summed E-state index contributed by atoms with van der Waals surface area (Å²) in [7, 11) is 0. The lowest BCUT2D eigenvalue weighted by Gasteiger charge is -2.36. The highest BCUT2D eigenvalue weighted by molar-refractivity contribution is 6.09. The molecule has 7 aromatic carbocycles. The van der Waals surface area contributed by atoms with Gasteiger partial charge in [-0.15, -0.1) is 0 Å². The van der Waals surface area contributed by atoms with Gasteiger partial charge in [-0.2, -0.15) is 0 Å². The summed E-state index contributed by atoms with van der Waals surface area (Å²) in [5.41, 5.74) is 10.3. The Morgan fingerprint density at radius 1 is 0.446 bits per heavy atom. The molecule has 270 valence electrons. The van der Waals surface area contributed by atoms with Gasteiger partial charge in [0.1, 0.15) is 5.82 Å². The van der Waals surface area contributed by atoms with Gasteiger partial charge in [0.15, 0.2) is 11.6 Å². The van der Waals surface area contributed by atoms with E-state index >= 15 is 0 Å². The zero-order chi connectivity index (χ0) is 37.2. The van der Waals surface area contributed by atoms with Crippen molar-refractivity contribution in [3.8, 4) is 50.7 Å². The number of aromatic nitrogens is 4. The Hall–Kier alpha value is -6.39. The fourth-order valence-corrected chi connectivity index (χ4v) is 10.2. The van der Waals surface area contributed by atoms with Crippen LogP contribution in [0.1, 0.15) is 44.9 Å². The van der Waals surface area contributed by atoms with Gasteiger partial charge in [-0.25, -0.2) is 15.0 Å². The molecule has 0 aliphatic heterocycles. The molecule has 0 amide bonds. The van der Waals surface area contributed by atoms with Gasteiger partial charge in [0.05, 0.1) is 11.0 Å². The molecule has 2 bridgehead atoms. The smallest absolute Gasteiger partial charge is 0.164 e. The highest BCUT2D eigenvalue weighted by atomic mass is 15.0. The summed E-state index contributed by atoms with van der Waals surface area (Å²) in [5, 5.41) is 4.88. The molecule has 56 heavy (non-hydrogen) atoms. The van der Waals surface area contributed by atoms with Crippen LogP contribution in [0.25, 0.3) is 83.3 Å². The van der Waals surface area contributed by atoms with Crippen molar-refractivity contribution in [2.75, 3.05) is 0 Å². The molecular formula is C52H42N4. The molecule has 2 unspecified atom stereocenters. The van der Waals surface area contributed by atoms with E-state index in [4.69, 9.17) is 15.0 Å². The fourth-order valence-electron chi connectivity index (χ4n) is 10.2. The molecule has 0 saturated heterocycles. The zero-order valence-electron chi connectivity index (χ0n) is 31.6. The maximum absolute atomic E-state index is 5.40. The van der Waals surface area contributed by atoms with E-state index in [-0.39, 0.29) is 5.41 Å². The van der Waals surface area contributed by atoms with Crippen molar-refractivity contribution in [3.63, 3.8) is 0 Å². The highest BCUT2D eigenvalue weighted by Gasteiger charge is 2.44. The minimum absolute atomic E-state index is 0.0750. The van der Waals surface area contributed by atoms with E-state index in [1.54, 1.807) is 0 Å². The number of hydrogen-bond donors (Lipinski definition) is 0. The molecule has 0 radical (unpaired) electrons. The topological polar surface area (TPSA) is 43.6 Å².